The van der Waals surface area contributed by atoms with Crippen LogP contribution in [0.5, 0.6) is 0 Å². The third kappa shape index (κ3) is 1.99. The van der Waals surface area contributed by atoms with E-state index < -0.39 is 5.91 Å². The number of hydrogen-bond donors (Lipinski definition) is 1. The fourth-order valence-electron chi connectivity index (χ4n) is 1.56. The lowest BCUT2D eigenvalue weighted by atomic mass is 10.1. The van der Waals surface area contributed by atoms with E-state index in [1.807, 2.05) is 0 Å². The molecule has 5 nitrogen and oxygen atoms in total. The summed E-state index contributed by atoms with van der Waals surface area (Å²) in [7, 11) is 0. The fraction of sp³-hybridized carbons (Fsp3) is 0. The van der Waals surface area contributed by atoms with E-state index in [-0.39, 0.29) is 16.8 Å². The Balaban J connectivity index is 2.80. The number of amides is 1. The quantitative estimate of drug-likeness (QED) is 0.796. The van der Waals surface area contributed by atoms with E-state index in [2.05, 4.69) is 0 Å². The summed E-state index contributed by atoms with van der Waals surface area (Å²) in [6, 6.07) is 8.35. The zero-order chi connectivity index (χ0) is 13.1. The molecule has 0 aliphatic heterocycles. The minimum Gasteiger partial charge on any atom is -0.445 e. The maximum atomic E-state index is 12.1. The van der Waals surface area contributed by atoms with E-state index in [1.165, 1.54) is 6.08 Å². The number of carbonyl (C=O) groups is 1. The second-order valence-electron chi connectivity index (χ2n) is 3.52. The van der Waals surface area contributed by atoms with Crippen LogP contribution in [0.25, 0.3) is 17.0 Å². The van der Waals surface area contributed by atoms with Gasteiger partial charge in [-0.25, -0.2) is 0 Å². The number of fused-ring (bicyclic) bond motifs is 1. The van der Waals surface area contributed by atoms with Gasteiger partial charge in [-0.2, -0.15) is 5.26 Å². The largest absolute Gasteiger partial charge is 0.445 e. The Labute approximate surface area is 102 Å². The zero-order valence-corrected chi connectivity index (χ0v) is 9.21. The van der Waals surface area contributed by atoms with Gasteiger partial charge in [0, 0.05) is 6.08 Å². The summed E-state index contributed by atoms with van der Waals surface area (Å²) in [6.45, 7) is 0. The smallest absolute Gasteiger partial charge is 0.241 e. The van der Waals surface area contributed by atoms with Crippen LogP contribution in [0.15, 0.2) is 39.6 Å². The molecule has 18 heavy (non-hydrogen) atoms. The molecule has 1 heterocycles. The summed E-state index contributed by atoms with van der Waals surface area (Å²) < 4.78 is 5.29. The molecule has 2 aromatic rings. The summed E-state index contributed by atoms with van der Waals surface area (Å²) in [5, 5.41) is 9.28. The molecule has 2 rings (SSSR count). The van der Waals surface area contributed by atoms with Crippen LogP contribution in [-0.2, 0) is 4.79 Å². The molecule has 0 atom stereocenters. The maximum Gasteiger partial charge on any atom is 0.241 e. The van der Waals surface area contributed by atoms with E-state index >= 15 is 0 Å². The molecule has 2 N–H and O–H groups in total. The highest BCUT2D eigenvalue weighted by Gasteiger charge is 2.11. The van der Waals surface area contributed by atoms with Crippen LogP contribution in [0.2, 0.25) is 0 Å². The van der Waals surface area contributed by atoms with Crippen molar-refractivity contribution < 1.29 is 9.21 Å². The normalized spacial score (nSPS) is 10.6. The first-order valence-corrected chi connectivity index (χ1v) is 5.07. The van der Waals surface area contributed by atoms with E-state index in [4.69, 9.17) is 15.4 Å². The van der Waals surface area contributed by atoms with Crippen LogP contribution < -0.4 is 11.2 Å². The average molecular weight is 240 g/mol. The number of benzene rings is 1. The van der Waals surface area contributed by atoms with Crippen LogP contribution in [0.3, 0.4) is 0 Å². The number of rotatable bonds is 2. The van der Waals surface area contributed by atoms with E-state index in [0.717, 1.165) is 6.08 Å². The third-order valence-corrected chi connectivity index (χ3v) is 2.35. The Morgan fingerprint density at radius 1 is 1.39 bits per heavy atom. The van der Waals surface area contributed by atoms with Gasteiger partial charge in [0.25, 0.3) is 0 Å². The van der Waals surface area contributed by atoms with Gasteiger partial charge in [0.15, 0.2) is 0 Å². The van der Waals surface area contributed by atoms with Crippen molar-refractivity contribution in [1.29, 1.82) is 5.26 Å². The molecule has 88 valence electrons. The van der Waals surface area contributed by atoms with Crippen molar-refractivity contribution in [2.75, 3.05) is 0 Å². The molecule has 5 heteroatoms. The van der Waals surface area contributed by atoms with Gasteiger partial charge in [-0.3, -0.25) is 9.59 Å². The van der Waals surface area contributed by atoms with Crippen molar-refractivity contribution in [2.45, 2.75) is 0 Å². The first kappa shape index (κ1) is 11.6. The molecule has 0 saturated heterocycles. The molecule has 0 fully saturated rings. The monoisotopic (exact) mass is 240 g/mol. The van der Waals surface area contributed by atoms with Gasteiger partial charge >= 0.3 is 0 Å². The summed E-state index contributed by atoms with van der Waals surface area (Å²) in [5.41, 5.74) is 4.94. The van der Waals surface area contributed by atoms with Gasteiger partial charge < -0.3 is 10.2 Å². The van der Waals surface area contributed by atoms with Crippen LogP contribution in [0, 0.1) is 11.3 Å². The Bertz CT molecular complexity index is 751. The Morgan fingerprint density at radius 2 is 2.11 bits per heavy atom. The van der Waals surface area contributed by atoms with Crippen molar-refractivity contribution in [3.8, 4) is 6.07 Å². The molecule has 0 aliphatic carbocycles. The van der Waals surface area contributed by atoms with Gasteiger partial charge in [0.1, 0.15) is 11.7 Å². The molecular formula is C13H8N2O3. The summed E-state index contributed by atoms with van der Waals surface area (Å²) in [5.74, 6) is -0.845. The molecule has 0 bridgehead atoms. The second-order valence-corrected chi connectivity index (χ2v) is 3.52. The predicted molar refractivity (Wildman–Crippen MR) is 65.4 cm³/mol. The minimum atomic E-state index is -0.702. The van der Waals surface area contributed by atoms with Crippen molar-refractivity contribution in [3.05, 3.63) is 51.9 Å². The average Bonchev–Trinajstić information content (AvgIpc) is 2.37. The lowest BCUT2D eigenvalue weighted by molar-refractivity contribution is -0.113. The number of nitriles is 1. The Morgan fingerprint density at radius 3 is 2.78 bits per heavy atom. The van der Waals surface area contributed by atoms with Gasteiger partial charge in [0.05, 0.1) is 10.9 Å². The number of nitrogens with two attached hydrogens (primary N) is 1. The number of nitrogens with zero attached hydrogens (tertiary/aromatic N) is 1. The molecular weight excluding hydrogens is 232 g/mol. The molecule has 1 aromatic carbocycles. The van der Waals surface area contributed by atoms with E-state index in [9.17, 15) is 9.59 Å². The predicted octanol–water partition coefficient (Wildman–Crippen LogP) is 1.16. The number of hydrogen-bond acceptors (Lipinski definition) is 4. The second kappa shape index (κ2) is 4.55. The molecule has 0 aliphatic rings. The SMILES string of the molecule is N#Cc1oc2ccccc2c(=O)c1/C=C/C(N)=O. The molecule has 1 amide bonds. The van der Waals surface area contributed by atoms with Crippen molar-refractivity contribution in [2.24, 2.45) is 5.73 Å². The van der Waals surface area contributed by atoms with E-state index in [1.54, 1.807) is 30.3 Å². The fourth-order valence-corrected chi connectivity index (χ4v) is 1.56. The summed E-state index contributed by atoms with van der Waals surface area (Å²) >= 11 is 0. The molecule has 0 saturated carbocycles. The highest BCUT2D eigenvalue weighted by Crippen LogP contribution is 2.15. The highest BCUT2D eigenvalue weighted by atomic mass is 16.3. The van der Waals surface area contributed by atoms with Crippen LogP contribution >= 0.6 is 0 Å². The summed E-state index contributed by atoms with van der Waals surface area (Å²) in [6.07, 6.45) is 2.21. The highest BCUT2D eigenvalue weighted by molar-refractivity contribution is 5.91. The lowest BCUT2D eigenvalue weighted by Crippen LogP contribution is -2.10. The number of para-hydroxylation sites is 1. The van der Waals surface area contributed by atoms with Crippen LogP contribution in [-0.4, -0.2) is 5.91 Å². The molecule has 1 aromatic heterocycles. The van der Waals surface area contributed by atoms with Gasteiger partial charge in [-0.15, -0.1) is 0 Å². The first-order chi connectivity index (χ1) is 8.63. The topological polar surface area (TPSA) is 97.1 Å². The molecule has 0 radical (unpaired) electrons. The van der Waals surface area contributed by atoms with Crippen LogP contribution in [0.4, 0.5) is 0 Å². The molecule has 0 spiro atoms. The Kier molecular flexibility index (Phi) is 2.94. The van der Waals surface area contributed by atoms with Crippen molar-refractivity contribution >= 4 is 23.0 Å². The molecule has 0 unspecified atom stereocenters. The third-order valence-electron chi connectivity index (χ3n) is 2.35. The van der Waals surface area contributed by atoms with Crippen molar-refractivity contribution in [1.82, 2.24) is 0 Å². The van der Waals surface area contributed by atoms with Gasteiger partial charge in [-0.1, -0.05) is 12.1 Å². The van der Waals surface area contributed by atoms with Gasteiger partial charge in [0.2, 0.25) is 17.1 Å². The number of carbonyl (C=O) groups excluding carboxylic acids is 1. The van der Waals surface area contributed by atoms with E-state index in [0.29, 0.717) is 11.0 Å². The minimum absolute atomic E-state index is 0.0231. The standard InChI is InChI=1S/C13H8N2O3/c14-7-11-9(5-6-12(15)16)13(17)8-3-1-2-4-10(8)18-11/h1-6H,(H2,15,16)/b6-5+. The van der Waals surface area contributed by atoms with Crippen molar-refractivity contribution in [3.63, 3.8) is 0 Å². The first-order valence-electron chi connectivity index (χ1n) is 5.07. The summed E-state index contributed by atoms with van der Waals surface area (Å²) in [4.78, 5) is 22.8. The van der Waals surface area contributed by atoms with Crippen LogP contribution in [0.1, 0.15) is 11.3 Å². The van der Waals surface area contributed by atoms with Gasteiger partial charge in [-0.05, 0) is 18.2 Å². The number of primary amides is 1. The Hall–Kier alpha value is -2.87. The lowest BCUT2D eigenvalue weighted by Gasteiger charge is -2.00. The zero-order valence-electron chi connectivity index (χ0n) is 9.21. The maximum absolute atomic E-state index is 12.1.